The molecule has 0 saturated carbocycles. The molecule has 0 radical (unpaired) electrons. The van der Waals surface area contributed by atoms with Gasteiger partial charge < -0.3 is 9.64 Å². The molecule has 30 heavy (non-hydrogen) atoms. The van der Waals surface area contributed by atoms with Gasteiger partial charge in [-0.15, -0.1) is 10.2 Å². The summed E-state index contributed by atoms with van der Waals surface area (Å²) in [4.78, 5) is 27.6. The van der Waals surface area contributed by atoms with Crippen molar-refractivity contribution in [3.63, 3.8) is 0 Å². The van der Waals surface area contributed by atoms with Crippen LogP contribution in [0.3, 0.4) is 0 Å². The summed E-state index contributed by atoms with van der Waals surface area (Å²) in [6, 6.07) is 14.2. The van der Waals surface area contributed by atoms with Crippen molar-refractivity contribution in [1.82, 2.24) is 15.1 Å². The monoisotopic (exact) mass is 486 g/mol. The number of carbonyl (C=O) groups is 2. The van der Waals surface area contributed by atoms with Gasteiger partial charge in [-0.3, -0.25) is 14.9 Å². The Hall–Kier alpha value is -2.78. The van der Waals surface area contributed by atoms with Gasteiger partial charge in [-0.25, -0.2) is 0 Å². The maximum Gasteiger partial charge on any atom is 0.258 e. The molecule has 4 rings (SSSR count). The number of benzene rings is 2. The van der Waals surface area contributed by atoms with E-state index in [0.29, 0.717) is 34.4 Å². The minimum absolute atomic E-state index is 0.210. The predicted octanol–water partition coefficient (Wildman–Crippen LogP) is 4.22. The van der Waals surface area contributed by atoms with Gasteiger partial charge in [0.25, 0.3) is 5.91 Å². The van der Waals surface area contributed by atoms with Crippen LogP contribution in [0.5, 0.6) is 5.75 Å². The number of hydrogen-bond acceptors (Lipinski definition) is 6. The molecule has 1 aliphatic heterocycles. The van der Waals surface area contributed by atoms with Gasteiger partial charge in [0.1, 0.15) is 16.8 Å². The number of nitrogens with one attached hydrogen (secondary N) is 1. The molecule has 0 bridgehead atoms. The molecule has 1 unspecified atom stereocenters. The second-order valence-electron chi connectivity index (χ2n) is 6.77. The van der Waals surface area contributed by atoms with Crippen LogP contribution in [-0.2, 0) is 4.79 Å². The van der Waals surface area contributed by atoms with Crippen molar-refractivity contribution in [3.8, 4) is 16.3 Å². The number of ether oxygens (including phenoxy) is 1. The molecule has 1 atom stereocenters. The number of amides is 2. The van der Waals surface area contributed by atoms with Crippen molar-refractivity contribution in [2.75, 3.05) is 19.0 Å². The van der Waals surface area contributed by atoms with Crippen LogP contribution in [-0.4, -0.2) is 46.6 Å². The van der Waals surface area contributed by atoms with Crippen LogP contribution < -0.4 is 10.1 Å². The van der Waals surface area contributed by atoms with Crippen LogP contribution in [0.2, 0.25) is 0 Å². The van der Waals surface area contributed by atoms with E-state index >= 15 is 0 Å². The summed E-state index contributed by atoms with van der Waals surface area (Å²) in [6.07, 6.45) is 1.37. The van der Waals surface area contributed by atoms with Gasteiger partial charge in [0.2, 0.25) is 11.0 Å². The average molecular weight is 487 g/mol. The SMILES string of the molecule is COc1ccccc1C(=O)N1CCCC1C(=O)Nc1nnc(-c2ccc(Br)cc2)s1. The van der Waals surface area contributed by atoms with E-state index in [1.807, 2.05) is 30.3 Å². The van der Waals surface area contributed by atoms with Crippen molar-refractivity contribution in [1.29, 1.82) is 0 Å². The molecule has 3 aromatic rings. The fourth-order valence-electron chi connectivity index (χ4n) is 3.43. The Bertz CT molecular complexity index is 1070. The molecule has 2 aromatic carbocycles. The third-order valence-electron chi connectivity index (χ3n) is 4.90. The highest BCUT2D eigenvalue weighted by Crippen LogP contribution is 2.29. The summed E-state index contributed by atoms with van der Waals surface area (Å²) in [6.45, 7) is 0.523. The summed E-state index contributed by atoms with van der Waals surface area (Å²) < 4.78 is 6.28. The topological polar surface area (TPSA) is 84.4 Å². The average Bonchev–Trinajstić information content (AvgIpc) is 3.43. The number of nitrogens with zero attached hydrogens (tertiary/aromatic N) is 3. The van der Waals surface area contributed by atoms with E-state index in [9.17, 15) is 9.59 Å². The Morgan fingerprint density at radius 1 is 1.17 bits per heavy atom. The lowest BCUT2D eigenvalue weighted by Gasteiger charge is -2.24. The molecule has 1 aliphatic rings. The first-order valence-corrected chi connectivity index (χ1v) is 11.0. The number of anilines is 1. The lowest BCUT2D eigenvalue weighted by atomic mass is 10.1. The molecule has 2 amide bonds. The van der Waals surface area contributed by atoms with Crippen molar-refractivity contribution in [2.45, 2.75) is 18.9 Å². The number of halogens is 1. The summed E-state index contributed by atoms with van der Waals surface area (Å²) in [5.41, 5.74) is 1.37. The Labute approximate surface area is 186 Å². The summed E-state index contributed by atoms with van der Waals surface area (Å²) in [5, 5.41) is 12.2. The van der Waals surface area contributed by atoms with Gasteiger partial charge in [0, 0.05) is 16.6 Å². The zero-order valence-corrected chi connectivity index (χ0v) is 18.6. The van der Waals surface area contributed by atoms with Gasteiger partial charge in [0.15, 0.2) is 0 Å². The molecule has 154 valence electrons. The molecule has 1 N–H and O–H groups in total. The summed E-state index contributed by atoms with van der Waals surface area (Å²) in [5.74, 6) is 0.0315. The van der Waals surface area contributed by atoms with E-state index in [4.69, 9.17) is 4.74 Å². The standard InChI is InChI=1S/C21H19BrN4O3S/c1-29-17-7-3-2-5-15(17)20(28)26-12-4-6-16(26)18(27)23-21-25-24-19(30-21)13-8-10-14(22)11-9-13/h2-3,5,7-11,16H,4,6,12H2,1H3,(H,23,25,27). The minimum atomic E-state index is -0.553. The van der Waals surface area contributed by atoms with Crippen LogP contribution in [0.25, 0.3) is 10.6 Å². The fraction of sp³-hybridized carbons (Fsp3) is 0.238. The normalized spacial score (nSPS) is 15.8. The first kappa shape index (κ1) is 20.5. The van der Waals surface area contributed by atoms with E-state index in [1.54, 1.807) is 23.1 Å². The van der Waals surface area contributed by atoms with Gasteiger partial charge in [-0.2, -0.15) is 0 Å². The number of rotatable bonds is 5. The van der Waals surface area contributed by atoms with E-state index in [-0.39, 0.29) is 11.8 Å². The van der Waals surface area contributed by atoms with E-state index < -0.39 is 6.04 Å². The van der Waals surface area contributed by atoms with E-state index in [2.05, 4.69) is 31.4 Å². The number of hydrogen-bond donors (Lipinski definition) is 1. The van der Waals surface area contributed by atoms with E-state index in [1.165, 1.54) is 18.4 Å². The Morgan fingerprint density at radius 3 is 2.70 bits per heavy atom. The molecular weight excluding hydrogens is 468 g/mol. The summed E-state index contributed by atoms with van der Waals surface area (Å²) in [7, 11) is 1.53. The molecular formula is C21H19BrN4O3S. The zero-order valence-electron chi connectivity index (χ0n) is 16.2. The minimum Gasteiger partial charge on any atom is -0.496 e. The second-order valence-corrected chi connectivity index (χ2v) is 8.66. The predicted molar refractivity (Wildman–Crippen MR) is 119 cm³/mol. The lowest BCUT2D eigenvalue weighted by Crippen LogP contribution is -2.43. The first-order valence-electron chi connectivity index (χ1n) is 9.41. The van der Waals surface area contributed by atoms with E-state index in [0.717, 1.165) is 16.5 Å². The second kappa shape index (κ2) is 8.93. The molecule has 2 heterocycles. The highest BCUT2D eigenvalue weighted by Gasteiger charge is 2.35. The van der Waals surface area contributed by atoms with Crippen molar-refractivity contribution < 1.29 is 14.3 Å². The fourth-order valence-corrected chi connectivity index (χ4v) is 4.45. The maximum atomic E-state index is 13.0. The Balaban J connectivity index is 1.48. The van der Waals surface area contributed by atoms with Crippen LogP contribution in [0.4, 0.5) is 5.13 Å². The Kier molecular flexibility index (Phi) is 6.10. The third-order valence-corrected chi connectivity index (χ3v) is 6.32. The number of aromatic nitrogens is 2. The molecule has 1 saturated heterocycles. The molecule has 0 spiro atoms. The Morgan fingerprint density at radius 2 is 1.93 bits per heavy atom. The molecule has 1 aromatic heterocycles. The quantitative estimate of drug-likeness (QED) is 0.583. The van der Waals surface area contributed by atoms with Gasteiger partial charge >= 0.3 is 0 Å². The van der Waals surface area contributed by atoms with Crippen molar-refractivity contribution in [3.05, 3.63) is 58.6 Å². The van der Waals surface area contributed by atoms with Crippen molar-refractivity contribution >= 4 is 44.2 Å². The van der Waals surface area contributed by atoms with Gasteiger partial charge in [0.05, 0.1) is 12.7 Å². The largest absolute Gasteiger partial charge is 0.496 e. The van der Waals surface area contributed by atoms with Crippen molar-refractivity contribution in [2.24, 2.45) is 0 Å². The molecule has 1 fully saturated rings. The maximum absolute atomic E-state index is 13.0. The smallest absolute Gasteiger partial charge is 0.258 e. The van der Waals surface area contributed by atoms with Crippen LogP contribution in [0.1, 0.15) is 23.2 Å². The van der Waals surface area contributed by atoms with Gasteiger partial charge in [-0.1, -0.05) is 51.5 Å². The zero-order chi connectivity index (χ0) is 21.1. The first-order chi connectivity index (χ1) is 14.6. The van der Waals surface area contributed by atoms with Gasteiger partial charge in [-0.05, 0) is 37.1 Å². The number of likely N-dealkylation sites (tertiary alicyclic amines) is 1. The van der Waals surface area contributed by atoms with Crippen LogP contribution >= 0.6 is 27.3 Å². The number of methoxy groups -OCH3 is 1. The highest BCUT2D eigenvalue weighted by atomic mass is 79.9. The highest BCUT2D eigenvalue weighted by molar-refractivity contribution is 9.10. The van der Waals surface area contributed by atoms with Crippen LogP contribution in [0.15, 0.2) is 53.0 Å². The number of carbonyl (C=O) groups excluding carboxylic acids is 2. The molecule has 0 aliphatic carbocycles. The molecule has 7 nitrogen and oxygen atoms in total. The molecule has 9 heteroatoms. The number of para-hydroxylation sites is 1. The lowest BCUT2D eigenvalue weighted by molar-refractivity contribution is -0.119. The summed E-state index contributed by atoms with van der Waals surface area (Å²) >= 11 is 4.71. The van der Waals surface area contributed by atoms with Crippen LogP contribution in [0, 0.1) is 0 Å². The third kappa shape index (κ3) is 4.22.